The van der Waals surface area contributed by atoms with Crippen molar-refractivity contribution in [1.82, 2.24) is 0 Å². The molecule has 0 bridgehead atoms. The Hall–Kier alpha value is -4.10. The molecular formula is C33H27N. The van der Waals surface area contributed by atoms with Crippen molar-refractivity contribution in [1.29, 1.82) is 0 Å². The normalized spacial score (nSPS) is 13.2. The Labute approximate surface area is 201 Å². The highest BCUT2D eigenvalue weighted by atomic mass is 14.9. The Morgan fingerprint density at radius 3 is 1.71 bits per heavy atom. The molecule has 1 heteroatoms. The van der Waals surface area contributed by atoms with Gasteiger partial charge in [0.25, 0.3) is 0 Å². The maximum atomic E-state index is 3.74. The van der Waals surface area contributed by atoms with E-state index in [1.54, 1.807) is 0 Å². The van der Waals surface area contributed by atoms with Gasteiger partial charge in [-0.25, -0.2) is 0 Å². The Morgan fingerprint density at radius 1 is 0.500 bits per heavy atom. The van der Waals surface area contributed by atoms with E-state index in [-0.39, 0.29) is 5.41 Å². The average molecular weight is 438 g/mol. The SMILES string of the molecule is Cc1cccc(C)c1Nc1ccc2c(c1)C(c1ccccc1)(c1ccccc1)c1ccccc1-2. The van der Waals surface area contributed by atoms with Gasteiger partial charge in [-0.3, -0.25) is 0 Å². The van der Waals surface area contributed by atoms with Gasteiger partial charge in [0.15, 0.2) is 0 Å². The smallest absolute Gasteiger partial charge is 0.0714 e. The molecule has 5 aromatic carbocycles. The van der Waals surface area contributed by atoms with Crippen molar-refractivity contribution in [3.8, 4) is 11.1 Å². The molecule has 5 aromatic rings. The first-order chi connectivity index (χ1) is 16.7. The van der Waals surface area contributed by atoms with Gasteiger partial charge in [-0.05, 0) is 70.5 Å². The highest BCUT2D eigenvalue weighted by molar-refractivity contribution is 5.88. The number of para-hydroxylation sites is 1. The van der Waals surface area contributed by atoms with Crippen LogP contribution in [0, 0.1) is 13.8 Å². The van der Waals surface area contributed by atoms with Crippen LogP contribution in [0.15, 0.2) is 121 Å². The number of fused-ring (bicyclic) bond motifs is 3. The summed E-state index contributed by atoms with van der Waals surface area (Å²) < 4.78 is 0. The summed E-state index contributed by atoms with van der Waals surface area (Å²) in [6.07, 6.45) is 0. The maximum absolute atomic E-state index is 3.74. The number of hydrogen-bond acceptors (Lipinski definition) is 1. The van der Waals surface area contributed by atoms with Crippen molar-refractivity contribution < 1.29 is 0 Å². The fourth-order valence-corrected chi connectivity index (χ4v) is 5.68. The number of nitrogens with one attached hydrogen (secondary N) is 1. The number of rotatable bonds is 4. The second kappa shape index (κ2) is 8.04. The molecule has 1 aliphatic carbocycles. The van der Waals surface area contributed by atoms with Gasteiger partial charge < -0.3 is 5.32 Å². The molecule has 6 rings (SSSR count). The molecule has 1 N–H and O–H groups in total. The van der Waals surface area contributed by atoms with Gasteiger partial charge in [0, 0.05) is 11.4 Å². The van der Waals surface area contributed by atoms with E-state index in [0.717, 1.165) is 5.69 Å². The van der Waals surface area contributed by atoms with Crippen LogP contribution in [0.1, 0.15) is 33.4 Å². The highest BCUT2D eigenvalue weighted by Crippen LogP contribution is 2.56. The van der Waals surface area contributed by atoms with Crippen LogP contribution >= 0.6 is 0 Å². The lowest BCUT2D eigenvalue weighted by Gasteiger charge is -2.34. The zero-order valence-corrected chi connectivity index (χ0v) is 19.5. The highest BCUT2D eigenvalue weighted by Gasteiger charge is 2.45. The fraction of sp³-hybridized carbons (Fsp3) is 0.0909. The molecule has 34 heavy (non-hydrogen) atoms. The summed E-state index contributed by atoms with van der Waals surface area (Å²) in [5.41, 5.74) is 12.3. The molecule has 164 valence electrons. The number of anilines is 2. The van der Waals surface area contributed by atoms with Gasteiger partial charge >= 0.3 is 0 Å². The fourth-order valence-electron chi connectivity index (χ4n) is 5.68. The van der Waals surface area contributed by atoms with Gasteiger partial charge in [0.2, 0.25) is 0 Å². The predicted octanol–water partition coefficient (Wildman–Crippen LogP) is 8.41. The number of hydrogen-bond donors (Lipinski definition) is 1. The molecule has 1 nitrogen and oxygen atoms in total. The predicted molar refractivity (Wildman–Crippen MR) is 143 cm³/mol. The minimum absolute atomic E-state index is 0.368. The minimum atomic E-state index is -0.368. The number of aryl methyl sites for hydroxylation is 2. The van der Waals surface area contributed by atoms with Crippen LogP contribution in [0.4, 0.5) is 11.4 Å². The van der Waals surface area contributed by atoms with Gasteiger partial charge in [-0.2, -0.15) is 0 Å². The molecule has 0 saturated heterocycles. The molecular weight excluding hydrogens is 410 g/mol. The Kier molecular flexibility index (Phi) is 4.85. The van der Waals surface area contributed by atoms with E-state index < -0.39 is 0 Å². The summed E-state index contributed by atoms with van der Waals surface area (Å²) in [7, 11) is 0. The monoisotopic (exact) mass is 437 g/mol. The first-order valence-corrected chi connectivity index (χ1v) is 11.9. The van der Waals surface area contributed by atoms with E-state index in [1.165, 1.54) is 50.2 Å². The third kappa shape index (κ3) is 3.01. The Morgan fingerprint density at radius 2 is 1.06 bits per heavy atom. The minimum Gasteiger partial charge on any atom is -0.355 e. The average Bonchev–Trinajstić information content (AvgIpc) is 3.18. The third-order valence-corrected chi connectivity index (χ3v) is 7.21. The molecule has 0 saturated carbocycles. The van der Waals surface area contributed by atoms with E-state index in [1.807, 2.05) is 0 Å². The second-order valence-electron chi connectivity index (χ2n) is 9.18. The van der Waals surface area contributed by atoms with Crippen molar-refractivity contribution in [2.75, 3.05) is 5.32 Å². The largest absolute Gasteiger partial charge is 0.355 e. The molecule has 0 heterocycles. The van der Waals surface area contributed by atoms with E-state index in [4.69, 9.17) is 0 Å². The van der Waals surface area contributed by atoms with E-state index in [2.05, 4.69) is 140 Å². The Balaban J connectivity index is 1.64. The van der Waals surface area contributed by atoms with Crippen molar-refractivity contribution in [2.45, 2.75) is 19.3 Å². The van der Waals surface area contributed by atoms with Crippen molar-refractivity contribution >= 4 is 11.4 Å². The number of benzene rings is 5. The first kappa shape index (κ1) is 20.5. The summed E-state index contributed by atoms with van der Waals surface area (Å²) >= 11 is 0. The summed E-state index contributed by atoms with van der Waals surface area (Å²) in [5.74, 6) is 0. The van der Waals surface area contributed by atoms with E-state index in [9.17, 15) is 0 Å². The van der Waals surface area contributed by atoms with Crippen LogP contribution in [0.25, 0.3) is 11.1 Å². The third-order valence-electron chi connectivity index (χ3n) is 7.21. The molecule has 0 spiro atoms. The van der Waals surface area contributed by atoms with Crippen molar-refractivity contribution in [3.05, 3.63) is 155 Å². The summed E-state index contributed by atoms with van der Waals surface area (Å²) in [6.45, 7) is 4.33. The van der Waals surface area contributed by atoms with Crippen molar-refractivity contribution in [3.63, 3.8) is 0 Å². The van der Waals surface area contributed by atoms with Gasteiger partial charge in [-0.15, -0.1) is 0 Å². The summed E-state index contributed by atoms with van der Waals surface area (Å²) in [5, 5.41) is 3.74. The first-order valence-electron chi connectivity index (χ1n) is 11.9. The molecule has 0 aliphatic heterocycles. The van der Waals surface area contributed by atoms with Crippen LogP contribution in [0.2, 0.25) is 0 Å². The zero-order chi connectivity index (χ0) is 23.1. The van der Waals surface area contributed by atoms with Gasteiger partial charge in [-0.1, -0.05) is 109 Å². The lowest BCUT2D eigenvalue weighted by molar-refractivity contribution is 0.769. The molecule has 0 radical (unpaired) electrons. The lowest BCUT2D eigenvalue weighted by atomic mass is 9.67. The molecule has 0 amide bonds. The topological polar surface area (TPSA) is 12.0 Å². The maximum Gasteiger partial charge on any atom is 0.0714 e. The van der Waals surface area contributed by atoms with E-state index >= 15 is 0 Å². The summed E-state index contributed by atoms with van der Waals surface area (Å²) in [6, 6.07) is 44.1. The van der Waals surface area contributed by atoms with Crippen LogP contribution < -0.4 is 5.32 Å². The quantitative estimate of drug-likeness (QED) is 0.292. The van der Waals surface area contributed by atoms with Crippen LogP contribution in [0.5, 0.6) is 0 Å². The van der Waals surface area contributed by atoms with Crippen molar-refractivity contribution in [2.24, 2.45) is 0 Å². The lowest BCUT2D eigenvalue weighted by Crippen LogP contribution is -2.28. The van der Waals surface area contributed by atoms with Gasteiger partial charge in [0.05, 0.1) is 5.41 Å². The van der Waals surface area contributed by atoms with Gasteiger partial charge in [0.1, 0.15) is 0 Å². The van der Waals surface area contributed by atoms with E-state index in [0.29, 0.717) is 0 Å². The molecule has 0 unspecified atom stereocenters. The molecule has 0 aromatic heterocycles. The molecule has 0 atom stereocenters. The van der Waals surface area contributed by atoms with Crippen LogP contribution in [-0.4, -0.2) is 0 Å². The Bertz CT molecular complexity index is 1420. The summed E-state index contributed by atoms with van der Waals surface area (Å²) in [4.78, 5) is 0. The van der Waals surface area contributed by atoms with Crippen LogP contribution in [-0.2, 0) is 5.41 Å². The van der Waals surface area contributed by atoms with Crippen LogP contribution in [0.3, 0.4) is 0 Å². The zero-order valence-electron chi connectivity index (χ0n) is 19.5. The second-order valence-corrected chi connectivity index (χ2v) is 9.18. The molecule has 0 fully saturated rings. The standard InChI is InChI=1S/C33H27N/c1-23-12-11-13-24(2)32(23)34-27-20-21-29-28-18-9-10-19-30(28)33(31(29)22-27,25-14-5-3-6-15-25)26-16-7-4-8-17-26/h3-22,34H,1-2H3. The molecule has 1 aliphatic rings.